The fourth-order valence-corrected chi connectivity index (χ4v) is 1.65. The average molecular weight is 391 g/mol. The van der Waals surface area contributed by atoms with E-state index in [9.17, 15) is 4.79 Å². The van der Waals surface area contributed by atoms with E-state index in [4.69, 9.17) is 15.6 Å². The number of hydrogen-bond donors (Lipinski definition) is 4. The van der Waals surface area contributed by atoms with E-state index in [1.54, 1.807) is 0 Å². The minimum absolute atomic E-state index is 0. The highest BCUT2D eigenvalue weighted by Crippen LogP contribution is 2.01. The van der Waals surface area contributed by atoms with Crippen molar-refractivity contribution >= 4 is 43.2 Å². The summed E-state index contributed by atoms with van der Waals surface area (Å²) in [7, 11) is 0. The van der Waals surface area contributed by atoms with Gasteiger partial charge >= 0.3 is 5.97 Å². The van der Waals surface area contributed by atoms with Crippen LogP contribution in [0.3, 0.4) is 0 Å². The van der Waals surface area contributed by atoms with Gasteiger partial charge in [0.2, 0.25) is 0 Å². The van der Waals surface area contributed by atoms with Crippen LogP contribution >= 0.6 is 37.2 Å². The van der Waals surface area contributed by atoms with Gasteiger partial charge in [0.1, 0.15) is 6.04 Å². The van der Waals surface area contributed by atoms with Gasteiger partial charge in [0.15, 0.2) is 0 Å². The standard InChI is InChI=1S/C14H23N3O3.3ClH/c15-6-7-16-8-9-17-13(14(18)19)11-20-10-12-4-2-1-3-5-12;;;/h1-5,13,16-17H,6-11,15H2,(H,18,19);3*1H. The van der Waals surface area contributed by atoms with E-state index in [1.165, 1.54) is 0 Å². The molecule has 0 heterocycles. The molecule has 0 saturated heterocycles. The zero-order valence-corrected chi connectivity index (χ0v) is 15.2. The fraction of sp³-hybridized carbons (Fsp3) is 0.500. The number of hydrogen-bond acceptors (Lipinski definition) is 5. The number of carboxylic acids is 1. The van der Waals surface area contributed by atoms with Crippen LogP contribution in [0.2, 0.25) is 0 Å². The minimum Gasteiger partial charge on any atom is -0.480 e. The summed E-state index contributed by atoms with van der Waals surface area (Å²) in [4.78, 5) is 11.1. The molecular weight excluding hydrogens is 365 g/mol. The Hall–Kier alpha value is -0.600. The van der Waals surface area contributed by atoms with Gasteiger partial charge in [-0.1, -0.05) is 30.3 Å². The molecule has 9 heteroatoms. The number of carboxylic acid groups (broad SMARTS) is 1. The zero-order chi connectivity index (χ0) is 14.6. The molecule has 0 saturated carbocycles. The van der Waals surface area contributed by atoms with E-state index in [0.29, 0.717) is 26.2 Å². The number of rotatable bonds is 11. The molecule has 0 fully saturated rings. The van der Waals surface area contributed by atoms with Gasteiger partial charge in [-0.2, -0.15) is 0 Å². The Balaban J connectivity index is -0.00000133. The second-order valence-corrected chi connectivity index (χ2v) is 4.38. The predicted octanol–water partition coefficient (Wildman–Crippen LogP) is 1.06. The van der Waals surface area contributed by atoms with E-state index < -0.39 is 12.0 Å². The third kappa shape index (κ3) is 13.5. The lowest BCUT2D eigenvalue weighted by Gasteiger charge is -2.15. The Bertz CT molecular complexity index is 386. The predicted molar refractivity (Wildman–Crippen MR) is 99.2 cm³/mol. The summed E-state index contributed by atoms with van der Waals surface area (Å²) < 4.78 is 5.44. The number of nitrogens with two attached hydrogens (primary N) is 1. The van der Waals surface area contributed by atoms with Gasteiger partial charge in [0.25, 0.3) is 0 Å². The molecule has 1 aromatic rings. The van der Waals surface area contributed by atoms with Crippen molar-refractivity contribution in [2.75, 3.05) is 32.8 Å². The highest BCUT2D eigenvalue weighted by atomic mass is 35.5. The normalized spacial score (nSPS) is 10.7. The number of aliphatic carboxylic acids is 1. The molecule has 0 bridgehead atoms. The van der Waals surface area contributed by atoms with Gasteiger partial charge in [-0.3, -0.25) is 4.79 Å². The molecule has 0 spiro atoms. The highest BCUT2D eigenvalue weighted by molar-refractivity contribution is 5.86. The molecule has 136 valence electrons. The van der Waals surface area contributed by atoms with Gasteiger partial charge < -0.3 is 26.2 Å². The molecule has 1 atom stereocenters. The summed E-state index contributed by atoms with van der Waals surface area (Å²) in [6.45, 7) is 3.09. The van der Waals surface area contributed by atoms with Crippen LogP contribution in [0.25, 0.3) is 0 Å². The third-order valence-electron chi connectivity index (χ3n) is 2.71. The molecule has 1 rings (SSSR count). The summed E-state index contributed by atoms with van der Waals surface area (Å²) in [6.07, 6.45) is 0. The smallest absolute Gasteiger partial charge is 0.323 e. The van der Waals surface area contributed by atoms with Gasteiger partial charge in [0, 0.05) is 26.2 Å². The first kappa shape index (κ1) is 27.3. The number of benzene rings is 1. The third-order valence-corrected chi connectivity index (χ3v) is 2.71. The Morgan fingerprint density at radius 1 is 1.13 bits per heavy atom. The quantitative estimate of drug-likeness (QED) is 0.422. The van der Waals surface area contributed by atoms with Crippen LogP contribution in [0.1, 0.15) is 5.56 Å². The maximum absolute atomic E-state index is 11.1. The fourth-order valence-electron chi connectivity index (χ4n) is 1.65. The van der Waals surface area contributed by atoms with Crippen LogP contribution in [-0.2, 0) is 16.1 Å². The minimum atomic E-state index is -0.906. The summed E-state index contributed by atoms with van der Waals surface area (Å²) in [5, 5.41) is 15.1. The zero-order valence-electron chi connectivity index (χ0n) is 12.8. The van der Waals surface area contributed by atoms with Gasteiger partial charge in [-0.15, -0.1) is 37.2 Å². The molecule has 0 amide bonds. The first-order valence-electron chi connectivity index (χ1n) is 6.72. The van der Waals surface area contributed by atoms with E-state index in [2.05, 4.69) is 10.6 Å². The lowest BCUT2D eigenvalue weighted by molar-refractivity contribution is -0.141. The molecule has 1 aromatic carbocycles. The number of carbonyl (C=O) groups is 1. The van der Waals surface area contributed by atoms with Gasteiger partial charge in [-0.05, 0) is 5.56 Å². The van der Waals surface area contributed by atoms with Crippen LogP contribution in [0.15, 0.2) is 30.3 Å². The molecule has 0 aliphatic heterocycles. The second-order valence-electron chi connectivity index (χ2n) is 4.38. The second kappa shape index (κ2) is 17.7. The molecule has 0 aliphatic carbocycles. The Kier molecular flexibility index (Phi) is 21.0. The van der Waals surface area contributed by atoms with Gasteiger partial charge in [-0.25, -0.2) is 0 Å². The molecule has 0 aliphatic rings. The molecule has 0 aromatic heterocycles. The molecule has 0 radical (unpaired) electrons. The average Bonchev–Trinajstić information content (AvgIpc) is 2.46. The monoisotopic (exact) mass is 389 g/mol. The lowest BCUT2D eigenvalue weighted by Crippen LogP contribution is -2.43. The van der Waals surface area contributed by atoms with Crippen molar-refractivity contribution in [2.45, 2.75) is 12.6 Å². The van der Waals surface area contributed by atoms with Crippen molar-refractivity contribution in [3.05, 3.63) is 35.9 Å². The largest absolute Gasteiger partial charge is 0.480 e. The van der Waals surface area contributed by atoms with E-state index >= 15 is 0 Å². The summed E-state index contributed by atoms with van der Waals surface area (Å²) >= 11 is 0. The Morgan fingerprint density at radius 3 is 2.35 bits per heavy atom. The van der Waals surface area contributed by atoms with Crippen molar-refractivity contribution in [3.8, 4) is 0 Å². The van der Waals surface area contributed by atoms with Crippen LogP contribution in [0, 0.1) is 0 Å². The van der Waals surface area contributed by atoms with Crippen molar-refractivity contribution < 1.29 is 14.6 Å². The number of nitrogens with one attached hydrogen (secondary N) is 2. The number of ether oxygens (including phenoxy) is 1. The maximum Gasteiger partial charge on any atom is 0.323 e. The van der Waals surface area contributed by atoms with Crippen molar-refractivity contribution in [1.82, 2.24) is 10.6 Å². The molecule has 5 N–H and O–H groups in total. The van der Waals surface area contributed by atoms with Crippen molar-refractivity contribution in [1.29, 1.82) is 0 Å². The summed E-state index contributed by atoms with van der Waals surface area (Å²) in [6, 6.07) is 8.97. The number of halogens is 3. The van der Waals surface area contributed by atoms with Crippen molar-refractivity contribution in [2.24, 2.45) is 5.73 Å². The summed E-state index contributed by atoms with van der Waals surface area (Å²) in [5.74, 6) is -0.906. The maximum atomic E-state index is 11.1. The Morgan fingerprint density at radius 2 is 1.78 bits per heavy atom. The van der Waals surface area contributed by atoms with E-state index in [1.807, 2.05) is 30.3 Å². The van der Waals surface area contributed by atoms with Crippen LogP contribution < -0.4 is 16.4 Å². The highest BCUT2D eigenvalue weighted by Gasteiger charge is 2.16. The van der Waals surface area contributed by atoms with E-state index in [-0.39, 0.29) is 43.8 Å². The van der Waals surface area contributed by atoms with Crippen LogP contribution in [-0.4, -0.2) is 49.9 Å². The topological polar surface area (TPSA) is 96.6 Å². The lowest BCUT2D eigenvalue weighted by atomic mass is 10.2. The van der Waals surface area contributed by atoms with E-state index in [0.717, 1.165) is 12.1 Å². The van der Waals surface area contributed by atoms with Gasteiger partial charge in [0.05, 0.1) is 13.2 Å². The molecule has 23 heavy (non-hydrogen) atoms. The summed E-state index contributed by atoms with van der Waals surface area (Å²) in [5.41, 5.74) is 6.37. The first-order valence-corrected chi connectivity index (χ1v) is 6.72. The SMILES string of the molecule is Cl.Cl.Cl.NCCNCCNC(COCc1ccccc1)C(=O)O. The van der Waals surface area contributed by atoms with Crippen molar-refractivity contribution in [3.63, 3.8) is 0 Å². The first-order chi connectivity index (χ1) is 9.74. The van der Waals surface area contributed by atoms with Crippen LogP contribution in [0.5, 0.6) is 0 Å². The molecular formula is C14H26Cl3N3O3. The molecule has 6 nitrogen and oxygen atoms in total. The van der Waals surface area contributed by atoms with Crippen LogP contribution in [0.4, 0.5) is 0 Å². The molecule has 1 unspecified atom stereocenters. The Labute approximate surface area is 155 Å².